The monoisotopic (exact) mass is 244 g/mol. The smallest absolute Gasteiger partial charge is 0.247 e. The third-order valence-electron chi connectivity index (χ3n) is 3.40. The lowest BCUT2D eigenvalue weighted by Crippen LogP contribution is -2.35. The Bertz CT molecular complexity index is 444. The second-order valence-corrected chi connectivity index (χ2v) is 4.63. The first kappa shape index (κ1) is 12.5. The summed E-state index contributed by atoms with van der Waals surface area (Å²) in [6, 6.07) is 3.89. The maximum atomic E-state index is 12.3. The summed E-state index contributed by atoms with van der Waals surface area (Å²) in [6.07, 6.45) is 8.43. The molecule has 0 spiro atoms. The molecule has 1 amide bonds. The van der Waals surface area contributed by atoms with Gasteiger partial charge in [-0.15, -0.1) is 0 Å². The van der Waals surface area contributed by atoms with Crippen LogP contribution in [0.2, 0.25) is 0 Å². The van der Waals surface area contributed by atoms with Gasteiger partial charge in [0.2, 0.25) is 11.9 Å². The van der Waals surface area contributed by atoms with Gasteiger partial charge in [0.1, 0.15) is 5.41 Å². The molecule has 1 saturated carbocycles. The van der Waals surface area contributed by atoms with Crippen molar-refractivity contribution in [2.24, 2.45) is 5.41 Å². The third kappa shape index (κ3) is 2.65. The summed E-state index contributed by atoms with van der Waals surface area (Å²) in [6.45, 7) is 0. The van der Waals surface area contributed by atoms with Crippen LogP contribution in [0.3, 0.4) is 0 Å². The van der Waals surface area contributed by atoms with Gasteiger partial charge in [0.05, 0.1) is 6.07 Å². The summed E-state index contributed by atoms with van der Waals surface area (Å²) in [7, 11) is 0. The Kier molecular flexibility index (Phi) is 3.88. The number of aromatic nitrogens is 2. The minimum absolute atomic E-state index is 0.265. The minimum atomic E-state index is -0.907. The first-order valence-electron chi connectivity index (χ1n) is 6.27. The van der Waals surface area contributed by atoms with E-state index >= 15 is 0 Å². The number of hydrogen-bond acceptors (Lipinski definition) is 4. The predicted octanol–water partition coefficient (Wildman–Crippen LogP) is 2.28. The molecule has 1 fully saturated rings. The van der Waals surface area contributed by atoms with Crippen LogP contribution >= 0.6 is 0 Å². The van der Waals surface area contributed by atoms with Gasteiger partial charge in [-0.2, -0.15) is 5.26 Å². The van der Waals surface area contributed by atoms with Gasteiger partial charge in [0.15, 0.2) is 0 Å². The number of rotatable bonds is 2. The summed E-state index contributed by atoms with van der Waals surface area (Å²) >= 11 is 0. The van der Waals surface area contributed by atoms with Crippen molar-refractivity contribution in [2.45, 2.75) is 38.5 Å². The number of nitrogens with one attached hydrogen (secondary N) is 1. The molecule has 0 unspecified atom stereocenters. The maximum absolute atomic E-state index is 12.3. The van der Waals surface area contributed by atoms with Gasteiger partial charge in [-0.3, -0.25) is 10.1 Å². The lowest BCUT2D eigenvalue weighted by Gasteiger charge is -2.22. The molecule has 0 bridgehead atoms. The van der Waals surface area contributed by atoms with Crippen molar-refractivity contribution in [2.75, 3.05) is 5.32 Å². The average Bonchev–Trinajstić information content (AvgIpc) is 2.66. The van der Waals surface area contributed by atoms with Crippen molar-refractivity contribution in [3.63, 3.8) is 0 Å². The number of carbonyl (C=O) groups is 1. The number of nitriles is 1. The van der Waals surface area contributed by atoms with E-state index in [2.05, 4.69) is 21.4 Å². The molecular weight excluding hydrogens is 228 g/mol. The van der Waals surface area contributed by atoms with Crippen molar-refractivity contribution in [1.29, 1.82) is 5.26 Å². The first-order chi connectivity index (χ1) is 8.77. The van der Waals surface area contributed by atoms with Crippen LogP contribution in [0.25, 0.3) is 0 Å². The number of amides is 1. The van der Waals surface area contributed by atoms with Crippen LogP contribution in [0.1, 0.15) is 38.5 Å². The summed E-state index contributed by atoms with van der Waals surface area (Å²) < 4.78 is 0. The molecule has 1 aromatic heterocycles. The quantitative estimate of drug-likeness (QED) is 0.809. The fraction of sp³-hybridized carbons (Fsp3) is 0.538. The zero-order valence-electron chi connectivity index (χ0n) is 10.2. The van der Waals surface area contributed by atoms with Crippen molar-refractivity contribution in [3.05, 3.63) is 18.5 Å². The van der Waals surface area contributed by atoms with Crippen molar-refractivity contribution in [1.82, 2.24) is 9.97 Å². The van der Waals surface area contributed by atoms with E-state index in [0.29, 0.717) is 12.8 Å². The molecule has 0 aromatic carbocycles. The molecule has 1 aliphatic rings. The lowest BCUT2D eigenvalue weighted by atomic mass is 9.81. The molecule has 18 heavy (non-hydrogen) atoms. The predicted molar refractivity (Wildman–Crippen MR) is 66.4 cm³/mol. The molecule has 5 heteroatoms. The number of carbonyl (C=O) groups excluding carboxylic acids is 1. The second kappa shape index (κ2) is 5.58. The van der Waals surface area contributed by atoms with Crippen LogP contribution in [0.15, 0.2) is 18.5 Å². The van der Waals surface area contributed by atoms with Crippen molar-refractivity contribution >= 4 is 11.9 Å². The highest BCUT2D eigenvalue weighted by atomic mass is 16.2. The first-order valence-corrected chi connectivity index (χ1v) is 6.27. The molecule has 94 valence electrons. The molecule has 1 aliphatic carbocycles. The Morgan fingerprint density at radius 2 is 1.83 bits per heavy atom. The Balaban J connectivity index is 2.12. The van der Waals surface area contributed by atoms with Crippen LogP contribution in [-0.2, 0) is 4.79 Å². The van der Waals surface area contributed by atoms with E-state index in [1.54, 1.807) is 18.5 Å². The van der Waals surface area contributed by atoms with E-state index in [9.17, 15) is 10.1 Å². The summed E-state index contributed by atoms with van der Waals surface area (Å²) in [4.78, 5) is 20.2. The Hall–Kier alpha value is -1.96. The SMILES string of the molecule is N#CC1(C(=O)Nc2ncccn2)CCCCCC1. The molecule has 5 nitrogen and oxygen atoms in total. The van der Waals surface area contributed by atoms with Gasteiger partial charge in [-0.1, -0.05) is 25.7 Å². The van der Waals surface area contributed by atoms with Gasteiger partial charge in [0.25, 0.3) is 0 Å². The highest BCUT2D eigenvalue weighted by Gasteiger charge is 2.39. The van der Waals surface area contributed by atoms with E-state index in [4.69, 9.17) is 0 Å². The molecule has 1 heterocycles. The van der Waals surface area contributed by atoms with Gasteiger partial charge in [0, 0.05) is 12.4 Å². The normalized spacial score (nSPS) is 18.4. The van der Waals surface area contributed by atoms with Gasteiger partial charge in [-0.25, -0.2) is 9.97 Å². The van der Waals surface area contributed by atoms with Crippen LogP contribution in [0, 0.1) is 16.7 Å². The lowest BCUT2D eigenvalue weighted by molar-refractivity contribution is -0.123. The maximum Gasteiger partial charge on any atom is 0.247 e. The van der Waals surface area contributed by atoms with Crippen LogP contribution < -0.4 is 5.32 Å². The van der Waals surface area contributed by atoms with E-state index < -0.39 is 5.41 Å². The molecule has 1 aromatic rings. The Morgan fingerprint density at radius 3 is 2.39 bits per heavy atom. The number of anilines is 1. The minimum Gasteiger partial charge on any atom is -0.293 e. The molecule has 2 rings (SSSR count). The van der Waals surface area contributed by atoms with E-state index in [1.807, 2.05) is 0 Å². The molecule has 0 saturated heterocycles. The summed E-state index contributed by atoms with van der Waals surface area (Å²) in [5.41, 5.74) is -0.907. The molecule has 0 radical (unpaired) electrons. The highest BCUT2D eigenvalue weighted by molar-refractivity contribution is 5.95. The average molecular weight is 244 g/mol. The van der Waals surface area contributed by atoms with Crippen molar-refractivity contribution in [3.8, 4) is 6.07 Å². The molecule has 0 atom stereocenters. The standard InChI is InChI=1S/C13H16N4O/c14-10-13(6-3-1-2-4-7-13)11(18)17-12-15-8-5-9-16-12/h5,8-9H,1-4,6-7H2,(H,15,16,17,18). The zero-order valence-corrected chi connectivity index (χ0v) is 10.2. The van der Waals surface area contributed by atoms with Gasteiger partial charge < -0.3 is 0 Å². The van der Waals surface area contributed by atoms with Gasteiger partial charge in [-0.05, 0) is 18.9 Å². The second-order valence-electron chi connectivity index (χ2n) is 4.63. The molecular formula is C13H16N4O. The Morgan fingerprint density at radius 1 is 1.22 bits per heavy atom. The van der Waals surface area contributed by atoms with E-state index in [1.165, 1.54) is 0 Å². The van der Waals surface area contributed by atoms with Crippen LogP contribution in [-0.4, -0.2) is 15.9 Å². The topological polar surface area (TPSA) is 78.7 Å². The van der Waals surface area contributed by atoms with Crippen LogP contribution in [0.5, 0.6) is 0 Å². The summed E-state index contributed by atoms with van der Waals surface area (Å²) in [5.74, 6) is -0.000489. The zero-order chi connectivity index (χ0) is 12.8. The number of nitrogens with zero attached hydrogens (tertiary/aromatic N) is 3. The molecule has 1 N–H and O–H groups in total. The fourth-order valence-corrected chi connectivity index (χ4v) is 2.31. The van der Waals surface area contributed by atoms with Crippen LogP contribution in [0.4, 0.5) is 5.95 Å². The van der Waals surface area contributed by atoms with E-state index in [0.717, 1.165) is 25.7 Å². The van der Waals surface area contributed by atoms with Gasteiger partial charge >= 0.3 is 0 Å². The van der Waals surface area contributed by atoms with E-state index in [-0.39, 0.29) is 11.9 Å². The fourth-order valence-electron chi connectivity index (χ4n) is 2.31. The highest BCUT2D eigenvalue weighted by Crippen LogP contribution is 2.35. The Labute approximate surface area is 106 Å². The summed E-state index contributed by atoms with van der Waals surface area (Å²) in [5, 5.41) is 12.0. The molecule has 0 aliphatic heterocycles. The number of hydrogen-bond donors (Lipinski definition) is 1. The van der Waals surface area contributed by atoms with Crippen molar-refractivity contribution < 1.29 is 4.79 Å². The largest absolute Gasteiger partial charge is 0.293 e. The third-order valence-corrected chi connectivity index (χ3v) is 3.40.